The minimum Gasteiger partial charge on any atom is -0.481 e. The van der Waals surface area contributed by atoms with Crippen molar-refractivity contribution in [3.8, 4) is 0 Å². The molecule has 0 rings (SSSR count). The van der Waals surface area contributed by atoms with E-state index in [1.54, 1.807) is 0 Å². The highest BCUT2D eigenvalue weighted by Gasteiger charge is 1.96. The highest BCUT2D eigenvalue weighted by molar-refractivity contribution is 5.66. The molecule has 0 aliphatic rings. The lowest BCUT2D eigenvalue weighted by atomic mass is 10.1. The van der Waals surface area contributed by atoms with Crippen molar-refractivity contribution >= 4 is 5.97 Å². The van der Waals surface area contributed by atoms with Crippen LogP contribution in [0.4, 0.5) is 0 Å². The summed E-state index contributed by atoms with van der Waals surface area (Å²) in [5.41, 5.74) is 0. The Labute approximate surface area is 137 Å². The van der Waals surface area contributed by atoms with Crippen molar-refractivity contribution in [1.29, 1.82) is 0 Å². The number of carbonyl (C=O) groups is 1. The fourth-order valence-electron chi connectivity index (χ4n) is 2.45. The van der Waals surface area contributed by atoms with Crippen LogP contribution in [0, 0.1) is 0 Å². The monoisotopic (exact) mass is 308 g/mol. The number of carboxylic acid groups (broad SMARTS) is 1. The van der Waals surface area contributed by atoms with Crippen molar-refractivity contribution in [3.05, 3.63) is 24.3 Å². The zero-order valence-corrected chi connectivity index (χ0v) is 14.6. The van der Waals surface area contributed by atoms with Gasteiger partial charge in [-0.3, -0.25) is 4.79 Å². The second-order valence-corrected chi connectivity index (χ2v) is 6.08. The zero-order chi connectivity index (χ0) is 16.3. The van der Waals surface area contributed by atoms with Gasteiger partial charge in [-0.25, -0.2) is 0 Å². The molecule has 0 heterocycles. The van der Waals surface area contributed by atoms with E-state index in [4.69, 9.17) is 5.11 Å². The Morgan fingerprint density at radius 2 is 1.23 bits per heavy atom. The summed E-state index contributed by atoms with van der Waals surface area (Å²) >= 11 is 0. The lowest BCUT2D eigenvalue weighted by molar-refractivity contribution is -0.137. The van der Waals surface area contributed by atoms with Gasteiger partial charge in [0.25, 0.3) is 0 Å². The molecule has 1 N–H and O–H groups in total. The van der Waals surface area contributed by atoms with Crippen LogP contribution in [0.5, 0.6) is 0 Å². The summed E-state index contributed by atoms with van der Waals surface area (Å²) in [5, 5.41) is 8.53. The third-order valence-electron chi connectivity index (χ3n) is 3.82. The number of unbranched alkanes of at least 4 members (excludes halogenated alkanes) is 10. The maximum absolute atomic E-state index is 10.4. The topological polar surface area (TPSA) is 37.3 Å². The lowest BCUT2D eigenvalue weighted by Gasteiger charge is -2.01. The third-order valence-corrected chi connectivity index (χ3v) is 3.82. The zero-order valence-electron chi connectivity index (χ0n) is 14.6. The predicted molar refractivity (Wildman–Crippen MR) is 96.2 cm³/mol. The van der Waals surface area contributed by atoms with Crippen molar-refractivity contribution in [2.75, 3.05) is 0 Å². The van der Waals surface area contributed by atoms with Gasteiger partial charge in [0.2, 0.25) is 0 Å². The quantitative estimate of drug-likeness (QED) is 0.255. The maximum Gasteiger partial charge on any atom is 0.303 e. The molecule has 0 aliphatic carbocycles. The molecule has 128 valence electrons. The minimum atomic E-state index is -0.661. The molecule has 0 saturated carbocycles. The number of aliphatic carboxylic acids is 1. The van der Waals surface area contributed by atoms with Crippen molar-refractivity contribution in [3.63, 3.8) is 0 Å². The van der Waals surface area contributed by atoms with Crippen LogP contribution in [-0.4, -0.2) is 11.1 Å². The normalized spacial score (nSPS) is 11.7. The van der Waals surface area contributed by atoms with Gasteiger partial charge in [-0.15, -0.1) is 0 Å². The van der Waals surface area contributed by atoms with Gasteiger partial charge >= 0.3 is 5.97 Å². The SMILES string of the molecule is CCC/C=C/C/C=C/CCCCCCCCCCCC(=O)O. The highest BCUT2D eigenvalue weighted by Crippen LogP contribution is 2.11. The largest absolute Gasteiger partial charge is 0.481 e. The highest BCUT2D eigenvalue weighted by atomic mass is 16.4. The fourth-order valence-corrected chi connectivity index (χ4v) is 2.45. The van der Waals surface area contributed by atoms with Gasteiger partial charge in [0.05, 0.1) is 0 Å². The first kappa shape index (κ1) is 20.9. The molecular formula is C20H36O2. The summed E-state index contributed by atoms with van der Waals surface area (Å²) in [5.74, 6) is -0.661. The van der Waals surface area contributed by atoms with Crippen LogP contribution in [0.25, 0.3) is 0 Å². The molecule has 22 heavy (non-hydrogen) atoms. The van der Waals surface area contributed by atoms with Gasteiger partial charge in [-0.1, -0.05) is 82.6 Å². The third kappa shape index (κ3) is 18.9. The number of allylic oxidation sites excluding steroid dienone is 4. The van der Waals surface area contributed by atoms with E-state index in [-0.39, 0.29) is 0 Å². The maximum atomic E-state index is 10.4. The van der Waals surface area contributed by atoms with Gasteiger partial charge < -0.3 is 5.11 Å². The van der Waals surface area contributed by atoms with E-state index in [1.165, 1.54) is 64.2 Å². The average Bonchev–Trinajstić information content (AvgIpc) is 2.50. The first-order chi connectivity index (χ1) is 10.8. The Bertz CT molecular complexity index is 292. The van der Waals surface area contributed by atoms with Gasteiger partial charge in [-0.05, 0) is 32.1 Å². The Hall–Kier alpha value is -1.05. The number of hydrogen-bond donors (Lipinski definition) is 1. The number of carboxylic acids is 1. The summed E-state index contributed by atoms with van der Waals surface area (Å²) in [6, 6.07) is 0. The molecular weight excluding hydrogens is 272 g/mol. The second kappa shape index (κ2) is 18.0. The van der Waals surface area contributed by atoms with Crippen molar-refractivity contribution in [1.82, 2.24) is 0 Å². The van der Waals surface area contributed by atoms with E-state index in [2.05, 4.69) is 31.2 Å². The van der Waals surface area contributed by atoms with Crippen LogP contribution >= 0.6 is 0 Å². The van der Waals surface area contributed by atoms with Crippen LogP contribution < -0.4 is 0 Å². The Morgan fingerprint density at radius 1 is 0.727 bits per heavy atom. The van der Waals surface area contributed by atoms with Crippen LogP contribution in [0.2, 0.25) is 0 Å². The van der Waals surface area contributed by atoms with E-state index in [0.717, 1.165) is 19.3 Å². The molecule has 0 bridgehead atoms. The molecule has 0 atom stereocenters. The second-order valence-electron chi connectivity index (χ2n) is 6.08. The van der Waals surface area contributed by atoms with Gasteiger partial charge in [0.1, 0.15) is 0 Å². The first-order valence-electron chi connectivity index (χ1n) is 9.29. The van der Waals surface area contributed by atoms with Crippen LogP contribution in [0.15, 0.2) is 24.3 Å². The fraction of sp³-hybridized carbons (Fsp3) is 0.750. The summed E-state index contributed by atoms with van der Waals surface area (Å²) < 4.78 is 0. The summed E-state index contributed by atoms with van der Waals surface area (Å²) in [7, 11) is 0. The van der Waals surface area contributed by atoms with Crippen LogP contribution in [0.3, 0.4) is 0 Å². The molecule has 2 nitrogen and oxygen atoms in total. The molecule has 0 aliphatic heterocycles. The van der Waals surface area contributed by atoms with Gasteiger partial charge in [0, 0.05) is 6.42 Å². The first-order valence-corrected chi connectivity index (χ1v) is 9.29. The molecule has 0 saturated heterocycles. The molecule has 0 unspecified atom stereocenters. The average molecular weight is 309 g/mol. The molecule has 0 amide bonds. The Kier molecular flexibility index (Phi) is 17.1. The molecule has 0 aromatic heterocycles. The standard InChI is InChI=1S/C20H36O2/c1-2-3-4-5-6-7-8-9-10-11-12-13-14-15-16-17-18-19-20(21)22/h4-5,7-8H,2-3,6,9-19H2,1H3,(H,21,22)/b5-4+,8-7+. The summed E-state index contributed by atoms with van der Waals surface area (Å²) in [6.07, 6.45) is 25.2. The van der Waals surface area contributed by atoms with E-state index < -0.39 is 5.97 Å². The molecule has 0 fully saturated rings. The lowest BCUT2D eigenvalue weighted by Crippen LogP contribution is -1.93. The van der Waals surface area contributed by atoms with E-state index in [1.807, 2.05) is 0 Å². The minimum absolute atomic E-state index is 0.335. The van der Waals surface area contributed by atoms with Crippen molar-refractivity contribution in [2.45, 2.75) is 96.8 Å². The summed E-state index contributed by atoms with van der Waals surface area (Å²) in [4.78, 5) is 10.4. The molecule has 2 heteroatoms. The van der Waals surface area contributed by atoms with Crippen LogP contribution in [-0.2, 0) is 4.79 Å². The van der Waals surface area contributed by atoms with Crippen molar-refractivity contribution in [2.24, 2.45) is 0 Å². The smallest absolute Gasteiger partial charge is 0.303 e. The number of rotatable bonds is 16. The van der Waals surface area contributed by atoms with Gasteiger partial charge in [-0.2, -0.15) is 0 Å². The summed E-state index contributed by atoms with van der Waals surface area (Å²) in [6.45, 7) is 2.21. The van der Waals surface area contributed by atoms with E-state index in [0.29, 0.717) is 6.42 Å². The Morgan fingerprint density at radius 3 is 1.77 bits per heavy atom. The van der Waals surface area contributed by atoms with E-state index >= 15 is 0 Å². The van der Waals surface area contributed by atoms with E-state index in [9.17, 15) is 4.79 Å². The molecule has 0 aromatic rings. The molecule has 0 radical (unpaired) electrons. The van der Waals surface area contributed by atoms with Crippen LogP contribution in [0.1, 0.15) is 96.8 Å². The predicted octanol–water partition coefficient (Wildman–Crippen LogP) is 6.66. The van der Waals surface area contributed by atoms with Crippen molar-refractivity contribution < 1.29 is 9.90 Å². The van der Waals surface area contributed by atoms with Gasteiger partial charge in [0.15, 0.2) is 0 Å². The Balaban J connectivity index is 3.11. The number of hydrogen-bond acceptors (Lipinski definition) is 1. The molecule has 0 aromatic carbocycles. The molecule has 0 spiro atoms.